The fraction of sp³-hybridized carbons (Fsp3) is 0.440. The molecule has 31 heavy (non-hydrogen) atoms. The molecule has 0 saturated carbocycles. The van der Waals surface area contributed by atoms with Gasteiger partial charge in [-0.3, -0.25) is 14.5 Å². The second-order valence-electron chi connectivity index (χ2n) is 8.54. The molecule has 164 valence electrons. The molecule has 2 aliphatic heterocycles. The third kappa shape index (κ3) is 5.66. The number of carbonyl (C=O) groups is 2. The summed E-state index contributed by atoms with van der Waals surface area (Å²) >= 11 is 5.94. The summed E-state index contributed by atoms with van der Waals surface area (Å²) in [6.45, 7) is 5.58. The zero-order valence-electron chi connectivity index (χ0n) is 17.9. The van der Waals surface area contributed by atoms with Crippen LogP contribution in [0.25, 0.3) is 0 Å². The number of rotatable bonds is 4. The van der Waals surface area contributed by atoms with Crippen LogP contribution in [0.2, 0.25) is 5.02 Å². The zero-order valence-corrected chi connectivity index (χ0v) is 18.6. The Hall–Kier alpha value is -2.37. The SMILES string of the molecule is O=C(c1ccc(Cl)cc1)N1CCC[C@H](C(=O)N2CCCN(Cc3ccccc3)CC2)C1. The van der Waals surface area contributed by atoms with Crippen LogP contribution in [0.4, 0.5) is 0 Å². The van der Waals surface area contributed by atoms with E-state index in [2.05, 4.69) is 29.2 Å². The van der Waals surface area contributed by atoms with E-state index in [1.807, 2.05) is 15.9 Å². The Morgan fingerprint density at radius 1 is 0.839 bits per heavy atom. The molecule has 0 bridgehead atoms. The van der Waals surface area contributed by atoms with Crippen molar-refractivity contribution >= 4 is 23.4 Å². The van der Waals surface area contributed by atoms with Gasteiger partial charge in [0.15, 0.2) is 0 Å². The molecule has 0 unspecified atom stereocenters. The van der Waals surface area contributed by atoms with Crippen molar-refractivity contribution in [2.75, 3.05) is 39.3 Å². The van der Waals surface area contributed by atoms with Crippen molar-refractivity contribution in [2.24, 2.45) is 5.92 Å². The van der Waals surface area contributed by atoms with Crippen molar-refractivity contribution in [1.82, 2.24) is 14.7 Å². The minimum absolute atomic E-state index is 0.0148. The Kier molecular flexibility index (Phi) is 7.25. The van der Waals surface area contributed by atoms with Gasteiger partial charge in [-0.1, -0.05) is 41.9 Å². The number of amides is 2. The molecule has 2 fully saturated rings. The van der Waals surface area contributed by atoms with E-state index >= 15 is 0 Å². The lowest BCUT2D eigenvalue weighted by Crippen LogP contribution is -2.47. The minimum atomic E-state index is -0.106. The van der Waals surface area contributed by atoms with E-state index in [9.17, 15) is 9.59 Å². The second-order valence-corrected chi connectivity index (χ2v) is 8.97. The zero-order chi connectivity index (χ0) is 21.6. The molecular formula is C25H30ClN3O2. The van der Waals surface area contributed by atoms with Crippen molar-refractivity contribution in [1.29, 1.82) is 0 Å². The normalized spacial score (nSPS) is 20.4. The van der Waals surface area contributed by atoms with Crippen LogP contribution in [0.5, 0.6) is 0 Å². The predicted octanol–water partition coefficient (Wildman–Crippen LogP) is 3.93. The van der Waals surface area contributed by atoms with Gasteiger partial charge < -0.3 is 9.80 Å². The predicted molar refractivity (Wildman–Crippen MR) is 123 cm³/mol. The molecule has 2 heterocycles. The molecule has 5 nitrogen and oxygen atoms in total. The van der Waals surface area contributed by atoms with Gasteiger partial charge in [-0.15, -0.1) is 0 Å². The topological polar surface area (TPSA) is 43.9 Å². The van der Waals surface area contributed by atoms with Gasteiger partial charge in [-0.05, 0) is 49.1 Å². The first-order valence-electron chi connectivity index (χ1n) is 11.2. The van der Waals surface area contributed by atoms with E-state index in [1.165, 1.54) is 5.56 Å². The highest BCUT2D eigenvalue weighted by Crippen LogP contribution is 2.22. The Morgan fingerprint density at radius 3 is 2.35 bits per heavy atom. The van der Waals surface area contributed by atoms with Gasteiger partial charge in [0, 0.05) is 56.4 Å². The number of carbonyl (C=O) groups excluding carboxylic acids is 2. The fourth-order valence-electron chi connectivity index (χ4n) is 4.59. The van der Waals surface area contributed by atoms with Gasteiger partial charge in [0.1, 0.15) is 0 Å². The van der Waals surface area contributed by atoms with E-state index in [4.69, 9.17) is 11.6 Å². The molecule has 6 heteroatoms. The van der Waals surface area contributed by atoms with Crippen LogP contribution in [0.3, 0.4) is 0 Å². The van der Waals surface area contributed by atoms with Gasteiger partial charge in [-0.25, -0.2) is 0 Å². The Labute approximate surface area is 189 Å². The van der Waals surface area contributed by atoms with E-state index in [1.54, 1.807) is 24.3 Å². The lowest BCUT2D eigenvalue weighted by Gasteiger charge is -2.35. The molecule has 1 atom stereocenters. The highest BCUT2D eigenvalue weighted by molar-refractivity contribution is 6.30. The van der Waals surface area contributed by atoms with E-state index in [-0.39, 0.29) is 17.7 Å². The fourth-order valence-corrected chi connectivity index (χ4v) is 4.71. The third-order valence-electron chi connectivity index (χ3n) is 6.30. The van der Waals surface area contributed by atoms with Crippen molar-refractivity contribution in [3.63, 3.8) is 0 Å². The maximum atomic E-state index is 13.3. The average Bonchev–Trinajstić information content (AvgIpc) is 3.05. The lowest BCUT2D eigenvalue weighted by molar-refractivity contribution is -0.136. The summed E-state index contributed by atoms with van der Waals surface area (Å²) in [4.78, 5) is 32.4. The molecule has 2 amide bonds. The summed E-state index contributed by atoms with van der Waals surface area (Å²) in [5, 5.41) is 0.616. The van der Waals surface area contributed by atoms with Crippen LogP contribution in [0.15, 0.2) is 54.6 Å². The summed E-state index contributed by atoms with van der Waals surface area (Å²) in [7, 11) is 0. The molecular weight excluding hydrogens is 410 g/mol. The number of nitrogens with zero attached hydrogens (tertiary/aromatic N) is 3. The van der Waals surface area contributed by atoms with E-state index in [0.717, 1.165) is 52.0 Å². The maximum Gasteiger partial charge on any atom is 0.253 e. The van der Waals surface area contributed by atoms with Gasteiger partial charge in [0.25, 0.3) is 5.91 Å². The van der Waals surface area contributed by atoms with Gasteiger partial charge in [0.2, 0.25) is 5.91 Å². The number of benzene rings is 2. The van der Waals surface area contributed by atoms with Crippen molar-refractivity contribution in [3.05, 3.63) is 70.7 Å². The smallest absolute Gasteiger partial charge is 0.253 e. The van der Waals surface area contributed by atoms with Crippen molar-refractivity contribution in [3.8, 4) is 0 Å². The Bertz CT molecular complexity index is 887. The first-order valence-corrected chi connectivity index (χ1v) is 11.6. The van der Waals surface area contributed by atoms with Crippen LogP contribution >= 0.6 is 11.6 Å². The Morgan fingerprint density at radius 2 is 1.58 bits per heavy atom. The number of piperidine rings is 1. The number of hydrogen-bond acceptors (Lipinski definition) is 3. The van der Waals surface area contributed by atoms with E-state index in [0.29, 0.717) is 23.7 Å². The molecule has 2 aromatic rings. The average molecular weight is 440 g/mol. The summed E-state index contributed by atoms with van der Waals surface area (Å²) in [5.74, 6) is 0.0833. The van der Waals surface area contributed by atoms with Crippen LogP contribution in [-0.2, 0) is 11.3 Å². The summed E-state index contributed by atoms with van der Waals surface area (Å²) in [5.41, 5.74) is 1.94. The molecule has 2 aromatic carbocycles. The highest BCUT2D eigenvalue weighted by Gasteiger charge is 2.32. The molecule has 4 rings (SSSR count). The monoisotopic (exact) mass is 439 g/mol. The van der Waals surface area contributed by atoms with Crippen LogP contribution < -0.4 is 0 Å². The standard InChI is InChI=1S/C25H30ClN3O2/c26-23-11-9-21(10-12-23)24(30)29-14-4-8-22(19-29)25(31)28-15-5-13-27(16-17-28)18-20-6-2-1-3-7-20/h1-3,6-7,9-12,22H,4-5,8,13-19H2/t22-/m0/s1. The molecule has 0 radical (unpaired) electrons. The van der Waals surface area contributed by atoms with E-state index < -0.39 is 0 Å². The molecule has 0 N–H and O–H groups in total. The molecule has 2 saturated heterocycles. The molecule has 0 aliphatic carbocycles. The maximum absolute atomic E-state index is 13.3. The second kappa shape index (κ2) is 10.3. The quantitative estimate of drug-likeness (QED) is 0.725. The van der Waals surface area contributed by atoms with Crippen LogP contribution in [0.1, 0.15) is 35.2 Å². The Balaban J connectivity index is 1.33. The van der Waals surface area contributed by atoms with Gasteiger partial charge in [-0.2, -0.15) is 0 Å². The largest absolute Gasteiger partial charge is 0.341 e. The summed E-state index contributed by atoms with van der Waals surface area (Å²) < 4.78 is 0. The number of hydrogen-bond donors (Lipinski definition) is 0. The molecule has 0 aromatic heterocycles. The summed E-state index contributed by atoms with van der Waals surface area (Å²) in [6, 6.07) is 17.5. The first-order chi connectivity index (χ1) is 15.1. The number of halogens is 1. The van der Waals surface area contributed by atoms with Crippen LogP contribution in [0, 0.1) is 5.92 Å². The minimum Gasteiger partial charge on any atom is -0.341 e. The molecule has 2 aliphatic rings. The molecule has 0 spiro atoms. The van der Waals surface area contributed by atoms with Gasteiger partial charge >= 0.3 is 0 Å². The number of likely N-dealkylation sites (tertiary alicyclic amines) is 1. The van der Waals surface area contributed by atoms with Gasteiger partial charge in [0.05, 0.1) is 5.92 Å². The third-order valence-corrected chi connectivity index (χ3v) is 6.55. The first kappa shape index (κ1) is 21.8. The van der Waals surface area contributed by atoms with Crippen LogP contribution in [-0.4, -0.2) is 65.8 Å². The lowest BCUT2D eigenvalue weighted by atomic mass is 9.95. The van der Waals surface area contributed by atoms with Crippen molar-refractivity contribution < 1.29 is 9.59 Å². The summed E-state index contributed by atoms with van der Waals surface area (Å²) in [6.07, 6.45) is 2.70. The highest BCUT2D eigenvalue weighted by atomic mass is 35.5. The van der Waals surface area contributed by atoms with Crippen molar-refractivity contribution in [2.45, 2.75) is 25.8 Å².